The molecule has 2 aromatic rings. The van der Waals surface area contributed by atoms with E-state index in [2.05, 4.69) is 4.72 Å². The van der Waals surface area contributed by atoms with Crippen LogP contribution in [0.15, 0.2) is 47.4 Å². The molecule has 0 unspecified atom stereocenters. The molecule has 1 N–H and O–H groups in total. The largest absolute Gasteiger partial charge is 0.494 e. The van der Waals surface area contributed by atoms with Gasteiger partial charge in [-0.1, -0.05) is 11.6 Å². The minimum atomic E-state index is -3.96. The van der Waals surface area contributed by atoms with Crippen molar-refractivity contribution in [3.05, 3.63) is 53.1 Å². The second-order valence-corrected chi connectivity index (χ2v) is 9.27. The highest BCUT2D eigenvalue weighted by molar-refractivity contribution is 7.92. The zero-order valence-electron chi connectivity index (χ0n) is 18.4. The van der Waals surface area contributed by atoms with Crippen molar-refractivity contribution in [1.29, 1.82) is 0 Å². The molecule has 1 fully saturated rings. The van der Waals surface area contributed by atoms with Gasteiger partial charge in [0, 0.05) is 31.9 Å². The van der Waals surface area contributed by atoms with Crippen LogP contribution in [-0.2, 0) is 14.8 Å². The summed E-state index contributed by atoms with van der Waals surface area (Å²) in [5, 5.41) is 0.146. The molecule has 0 aromatic heterocycles. The normalized spacial score (nSPS) is 14.0. The lowest BCUT2D eigenvalue weighted by Gasteiger charge is -2.34. The first-order valence-corrected chi connectivity index (χ1v) is 12.4. The van der Waals surface area contributed by atoms with Gasteiger partial charge < -0.3 is 19.3 Å². The van der Waals surface area contributed by atoms with Crippen LogP contribution in [-0.4, -0.2) is 69.6 Å². The predicted octanol–water partition coefficient (Wildman–Crippen LogP) is 3.45. The Balaban J connectivity index is 1.73. The topological polar surface area (TPSA) is 105 Å². The zero-order chi connectivity index (χ0) is 24.0. The lowest BCUT2D eigenvalue weighted by Crippen LogP contribution is -2.50. The van der Waals surface area contributed by atoms with Crippen LogP contribution in [0.25, 0.3) is 0 Å². The van der Waals surface area contributed by atoms with E-state index in [4.69, 9.17) is 21.1 Å². The SMILES string of the molecule is CCOC(=O)N1CCN(C(=O)c2cc(S(=O)(=O)Nc3ccc(OCC)cc3)ccc2Cl)CC1. The lowest BCUT2D eigenvalue weighted by molar-refractivity contribution is 0.0570. The molecule has 33 heavy (non-hydrogen) atoms. The standard InChI is InChI=1S/C22H26ClN3O6S/c1-3-31-17-7-5-16(6-8-17)24-33(29,30)18-9-10-20(23)19(15-18)21(27)25-11-13-26(14-12-25)22(28)32-4-2/h5-10,15,24H,3-4,11-14H2,1-2H3. The molecule has 2 aromatic carbocycles. The highest BCUT2D eigenvalue weighted by atomic mass is 35.5. The van der Waals surface area contributed by atoms with Crippen molar-refractivity contribution >= 4 is 39.3 Å². The summed E-state index contributed by atoms with van der Waals surface area (Å²) in [6.07, 6.45) is -0.420. The summed E-state index contributed by atoms with van der Waals surface area (Å²) in [5.41, 5.74) is 0.437. The van der Waals surface area contributed by atoms with Crippen LogP contribution in [0.2, 0.25) is 5.02 Å². The molecule has 0 aliphatic carbocycles. The van der Waals surface area contributed by atoms with Crippen LogP contribution < -0.4 is 9.46 Å². The van der Waals surface area contributed by atoms with Gasteiger partial charge in [-0.05, 0) is 56.3 Å². The number of nitrogens with zero attached hydrogens (tertiary/aromatic N) is 2. The van der Waals surface area contributed by atoms with Crippen LogP contribution >= 0.6 is 11.6 Å². The molecule has 9 nitrogen and oxygen atoms in total. The van der Waals surface area contributed by atoms with Crippen molar-refractivity contribution in [2.75, 3.05) is 44.1 Å². The van der Waals surface area contributed by atoms with Crippen molar-refractivity contribution in [2.45, 2.75) is 18.7 Å². The smallest absolute Gasteiger partial charge is 0.409 e. The number of carbonyl (C=O) groups excluding carboxylic acids is 2. The third-order valence-electron chi connectivity index (χ3n) is 4.99. The summed E-state index contributed by atoms with van der Waals surface area (Å²) in [4.78, 5) is 27.9. The van der Waals surface area contributed by atoms with Gasteiger partial charge in [0.05, 0.1) is 28.7 Å². The molecule has 0 spiro atoms. The molecule has 178 valence electrons. The minimum absolute atomic E-state index is 0.0795. The monoisotopic (exact) mass is 495 g/mol. The number of nitrogens with one attached hydrogen (secondary N) is 1. The highest BCUT2D eigenvalue weighted by Crippen LogP contribution is 2.25. The van der Waals surface area contributed by atoms with Gasteiger partial charge in [-0.25, -0.2) is 13.2 Å². The summed E-state index contributed by atoms with van der Waals surface area (Å²) in [7, 11) is -3.96. The molecule has 1 heterocycles. The Morgan fingerprint density at radius 1 is 0.970 bits per heavy atom. The van der Waals surface area contributed by atoms with E-state index in [-0.39, 0.29) is 35.2 Å². The van der Waals surface area contributed by atoms with Gasteiger partial charge in [0.2, 0.25) is 0 Å². The number of anilines is 1. The van der Waals surface area contributed by atoms with Gasteiger partial charge in [-0.2, -0.15) is 0 Å². The summed E-state index contributed by atoms with van der Waals surface area (Å²) in [6, 6.07) is 10.5. The van der Waals surface area contributed by atoms with Crippen LogP contribution in [0.1, 0.15) is 24.2 Å². The average molecular weight is 496 g/mol. The molecule has 1 aliphatic rings. The van der Waals surface area contributed by atoms with Gasteiger partial charge in [0.15, 0.2) is 0 Å². The molecule has 1 aliphatic heterocycles. The second kappa shape index (κ2) is 10.8. The number of rotatable bonds is 7. The summed E-state index contributed by atoms with van der Waals surface area (Å²) < 4.78 is 38.6. The molecule has 0 bridgehead atoms. The van der Waals surface area contributed by atoms with Crippen molar-refractivity contribution < 1.29 is 27.5 Å². The molecule has 0 saturated carbocycles. The van der Waals surface area contributed by atoms with Gasteiger partial charge >= 0.3 is 6.09 Å². The van der Waals surface area contributed by atoms with E-state index < -0.39 is 22.0 Å². The Kier molecular flexibility index (Phi) is 8.04. The first kappa shape index (κ1) is 24.7. The van der Waals surface area contributed by atoms with E-state index in [1.807, 2.05) is 6.92 Å². The molecule has 2 amide bonds. The first-order chi connectivity index (χ1) is 15.7. The van der Waals surface area contributed by atoms with Crippen molar-refractivity contribution in [2.24, 2.45) is 0 Å². The number of piperazine rings is 1. The maximum atomic E-state index is 13.0. The number of carbonyl (C=O) groups is 2. The number of halogens is 1. The number of benzene rings is 2. The molecule has 0 atom stereocenters. The van der Waals surface area contributed by atoms with Gasteiger partial charge in [-0.15, -0.1) is 0 Å². The Labute approximate surface area is 198 Å². The second-order valence-electron chi connectivity index (χ2n) is 7.18. The van der Waals surface area contributed by atoms with Gasteiger partial charge in [-0.3, -0.25) is 9.52 Å². The van der Waals surface area contributed by atoms with Crippen molar-refractivity contribution in [3.63, 3.8) is 0 Å². The molecular weight excluding hydrogens is 470 g/mol. The number of amides is 2. The maximum Gasteiger partial charge on any atom is 0.409 e. The first-order valence-electron chi connectivity index (χ1n) is 10.5. The Bertz CT molecular complexity index is 1100. The summed E-state index contributed by atoms with van der Waals surface area (Å²) in [6.45, 7) is 5.58. The number of hydrogen-bond donors (Lipinski definition) is 1. The lowest BCUT2D eigenvalue weighted by atomic mass is 10.2. The fourth-order valence-electron chi connectivity index (χ4n) is 3.31. The van der Waals surface area contributed by atoms with E-state index in [1.54, 1.807) is 31.2 Å². The third kappa shape index (κ3) is 6.08. The Morgan fingerprint density at radius 3 is 2.21 bits per heavy atom. The van der Waals surface area contributed by atoms with Crippen LogP contribution in [0.3, 0.4) is 0 Å². The molecule has 1 saturated heterocycles. The predicted molar refractivity (Wildman–Crippen MR) is 124 cm³/mol. The molecule has 0 radical (unpaired) electrons. The van der Waals surface area contributed by atoms with E-state index in [0.29, 0.717) is 31.1 Å². The maximum absolute atomic E-state index is 13.0. The number of ether oxygens (including phenoxy) is 2. The van der Waals surface area contributed by atoms with Crippen molar-refractivity contribution in [3.8, 4) is 5.75 Å². The van der Waals surface area contributed by atoms with E-state index >= 15 is 0 Å². The summed E-state index contributed by atoms with van der Waals surface area (Å²) >= 11 is 6.23. The van der Waals surface area contributed by atoms with Gasteiger partial charge in [0.25, 0.3) is 15.9 Å². The van der Waals surface area contributed by atoms with Crippen LogP contribution in [0.4, 0.5) is 10.5 Å². The quantitative estimate of drug-likeness (QED) is 0.630. The molecular formula is C22H26ClN3O6S. The van der Waals surface area contributed by atoms with Gasteiger partial charge in [0.1, 0.15) is 5.75 Å². The Hall–Kier alpha value is -2.98. The van der Waals surface area contributed by atoms with E-state index in [0.717, 1.165) is 0 Å². The molecule has 11 heteroatoms. The molecule has 3 rings (SSSR count). The summed E-state index contributed by atoms with van der Waals surface area (Å²) in [5.74, 6) is 0.226. The average Bonchev–Trinajstić information content (AvgIpc) is 2.80. The fourth-order valence-corrected chi connectivity index (χ4v) is 4.60. The third-order valence-corrected chi connectivity index (χ3v) is 6.70. The highest BCUT2D eigenvalue weighted by Gasteiger charge is 2.27. The van der Waals surface area contributed by atoms with E-state index in [1.165, 1.54) is 28.0 Å². The van der Waals surface area contributed by atoms with Crippen LogP contribution in [0.5, 0.6) is 5.75 Å². The van der Waals surface area contributed by atoms with Crippen molar-refractivity contribution in [1.82, 2.24) is 9.80 Å². The Morgan fingerprint density at radius 2 is 1.61 bits per heavy atom. The van der Waals surface area contributed by atoms with Crippen LogP contribution in [0, 0.1) is 0 Å². The zero-order valence-corrected chi connectivity index (χ0v) is 20.0. The minimum Gasteiger partial charge on any atom is -0.494 e. The number of hydrogen-bond acceptors (Lipinski definition) is 6. The number of sulfonamides is 1. The van der Waals surface area contributed by atoms with E-state index in [9.17, 15) is 18.0 Å². The fraction of sp³-hybridized carbons (Fsp3) is 0.364.